The molecule has 4 aromatic rings. The average molecular weight is 724 g/mol. The number of nitrogens with zero attached hydrogens (tertiary/aromatic N) is 4. The molecule has 0 spiro atoms. The fourth-order valence-electron chi connectivity index (χ4n) is 5.60. The predicted molar refractivity (Wildman–Crippen MR) is 192 cm³/mol. The average Bonchev–Trinajstić information content (AvgIpc) is 3.09. The van der Waals surface area contributed by atoms with Crippen LogP contribution in [0.25, 0.3) is 10.9 Å². The van der Waals surface area contributed by atoms with Crippen molar-refractivity contribution in [3.05, 3.63) is 88.0 Å². The molecule has 2 aliphatic rings. The maximum absolute atomic E-state index is 12.9. The van der Waals surface area contributed by atoms with Crippen LogP contribution in [0.2, 0.25) is 10.3 Å². The van der Waals surface area contributed by atoms with Gasteiger partial charge in [-0.25, -0.2) is 20.2 Å². The molecular weight excluding hydrogens is 687 g/mol. The number of methoxy groups -OCH3 is 1. The van der Waals surface area contributed by atoms with E-state index in [4.69, 9.17) is 37.4 Å². The summed E-state index contributed by atoms with van der Waals surface area (Å²) in [4.78, 5) is 36.8. The second-order valence-corrected chi connectivity index (χ2v) is 13.6. The van der Waals surface area contributed by atoms with Crippen molar-refractivity contribution in [3.8, 4) is 23.1 Å². The molecule has 0 saturated carbocycles. The lowest BCUT2D eigenvalue weighted by Gasteiger charge is -2.32. The predicted octanol–water partition coefficient (Wildman–Crippen LogP) is 8.06. The number of nitrogens with one attached hydrogen (secondary N) is 2. The van der Waals surface area contributed by atoms with Crippen molar-refractivity contribution in [2.24, 2.45) is 5.92 Å². The van der Waals surface area contributed by atoms with Gasteiger partial charge in [0.1, 0.15) is 11.1 Å². The van der Waals surface area contributed by atoms with Crippen molar-refractivity contribution in [2.75, 3.05) is 38.7 Å². The van der Waals surface area contributed by atoms with Crippen LogP contribution in [0, 0.1) is 5.92 Å². The van der Waals surface area contributed by atoms with Gasteiger partial charge < -0.3 is 24.4 Å². The molecule has 0 bridgehead atoms. The van der Waals surface area contributed by atoms with E-state index in [-0.39, 0.29) is 17.1 Å². The van der Waals surface area contributed by atoms with Gasteiger partial charge in [0.2, 0.25) is 11.2 Å². The SMILES string of the molecule is COc1cc2c(Oc3ccc(NC(=O)NN4C(=O)C=CSC4c4cccc(Cl)c4)cc3)nc(Cl)nc2cc1OCCCN1CCC(C)CC1. The van der Waals surface area contributed by atoms with Crippen molar-refractivity contribution < 1.29 is 23.8 Å². The molecule has 1 fully saturated rings. The molecule has 3 amide bonds. The number of rotatable bonds is 11. The number of hydrogen-bond acceptors (Lipinski definition) is 9. The second-order valence-electron chi connectivity index (χ2n) is 11.8. The molecule has 49 heavy (non-hydrogen) atoms. The van der Waals surface area contributed by atoms with Crippen molar-refractivity contribution in [2.45, 2.75) is 31.6 Å². The number of benzene rings is 3. The number of ether oxygens (including phenoxy) is 3. The molecule has 2 N–H and O–H groups in total. The summed E-state index contributed by atoms with van der Waals surface area (Å²) in [6, 6.07) is 16.8. The number of hydrogen-bond donors (Lipinski definition) is 2. The Morgan fingerprint density at radius 3 is 2.59 bits per heavy atom. The normalized spacial score (nSPS) is 16.9. The molecule has 0 radical (unpaired) electrons. The summed E-state index contributed by atoms with van der Waals surface area (Å²) < 4.78 is 17.9. The monoisotopic (exact) mass is 722 g/mol. The molecule has 1 saturated heterocycles. The van der Waals surface area contributed by atoms with Crippen LogP contribution >= 0.6 is 35.0 Å². The summed E-state index contributed by atoms with van der Waals surface area (Å²) in [7, 11) is 1.58. The fraction of sp³-hybridized carbons (Fsp3) is 0.314. The van der Waals surface area contributed by atoms with Crippen LogP contribution in [0.3, 0.4) is 0 Å². The highest BCUT2D eigenvalue weighted by Crippen LogP contribution is 2.38. The first-order valence-corrected chi connectivity index (χ1v) is 17.6. The molecule has 2 aliphatic heterocycles. The fourth-order valence-corrected chi connectivity index (χ4v) is 6.90. The van der Waals surface area contributed by atoms with Gasteiger partial charge in [-0.05, 0) is 103 Å². The third-order valence-electron chi connectivity index (χ3n) is 8.24. The van der Waals surface area contributed by atoms with E-state index >= 15 is 0 Å². The first kappa shape index (κ1) is 34.6. The smallest absolute Gasteiger partial charge is 0.338 e. The van der Waals surface area contributed by atoms with Crippen molar-refractivity contribution >= 4 is 63.5 Å². The molecule has 3 heterocycles. The zero-order chi connectivity index (χ0) is 34.3. The van der Waals surface area contributed by atoms with Gasteiger partial charge in [-0.15, -0.1) is 11.8 Å². The zero-order valence-corrected chi connectivity index (χ0v) is 29.4. The van der Waals surface area contributed by atoms with Crippen molar-refractivity contribution in [1.82, 2.24) is 25.3 Å². The highest BCUT2D eigenvalue weighted by molar-refractivity contribution is 8.02. The maximum atomic E-state index is 12.9. The summed E-state index contributed by atoms with van der Waals surface area (Å²) in [5, 5.41) is 6.35. The van der Waals surface area contributed by atoms with Crippen LogP contribution in [-0.2, 0) is 4.79 Å². The lowest BCUT2D eigenvalue weighted by molar-refractivity contribution is -0.129. The number of thioether (sulfide) groups is 1. The molecule has 6 rings (SSSR count). The number of carbonyl (C=O) groups is 2. The van der Waals surface area contributed by atoms with Crippen LogP contribution in [0.5, 0.6) is 23.1 Å². The summed E-state index contributed by atoms with van der Waals surface area (Å²) in [6.45, 7) is 6.12. The number of piperidine rings is 1. The van der Waals surface area contributed by atoms with Gasteiger partial charge in [0.25, 0.3) is 5.91 Å². The number of hydrazine groups is 1. The largest absolute Gasteiger partial charge is 0.493 e. The van der Waals surface area contributed by atoms with Gasteiger partial charge in [-0.2, -0.15) is 4.98 Å². The summed E-state index contributed by atoms with van der Waals surface area (Å²) in [6.07, 6.45) is 4.78. The van der Waals surface area contributed by atoms with Crippen LogP contribution < -0.4 is 25.0 Å². The Morgan fingerprint density at radius 1 is 1.04 bits per heavy atom. The Balaban J connectivity index is 1.09. The molecule has 1 aromatic heterocycles. The first-order chi connectivity index (χ1) is 23.7. The molecule has 11 nitrogen and oxygen atoms in total. The Bertz CT molecular complexity index is 1840. The molecule has 1 atom stereocenters. The number of amides is 3. The van der Waals surface area contributed by atoms with Crippen LogP contribution in [0.15, 0.2) is 72.1 Å². The molecule has 3 aromatic carbocycles. The number of carbonyl (C=O) groups excluding carboxylic acids is 2. The topological polar surface area (TPSA) is 118 Å². The van der Waals surface area contributed by atoms with Gasteiger partial charge in [-0.1, -0.05) is 30.7 Å². The van der Waals surface area contributed by atoms with E-state index < -0.39 is 11.4 Å². The highest BCUT2D eigenvalue weighted by Gasteiger charge is 2.29. The molecule has 14 heteroatoms. The van der Waals surface area contributed by atoms with E-state index in [1.165, 1.54) is 35.7 Å². The summed E-state index contributed by atoms with van der Waals surface area (Å²) in [5.74, 6) is 2.21. The van der Waals surface area contributed by atoms with Crippen molar-refractivity contribution in [3.63, 3.8) is 0 Å². The van der Waals surface area contributed by atoms with Crippen molar-refractivity contribution in [1.29, 1.82) is 0 Å². The first-order valence-electron chi connectivity index (χ1n) is 15.9. The number of urea groups is 1. The minimum absolute atomic E-state index is 0.0178. The van der Waals surface area contributed by atoms with E-state index in [0.717, 1.165) is 37.5 Å². The van der Waals surface area contributed by atoms with E-state index in [2.05, 4.69) is 32.5 Å². The van der Waals surface area contributed by atoms with Crippen LogP contribution in [0.4, 0.5) is 10.5 Å². The lowest BCUT2D eigenvalue weighted by Crippen LogP contribution is -2.49. The van der Waals surface area contributed by atoms with Gasteiger partial charge in [-0.3, -0.25) is 4.79 Å². The Labute approximate surface area is 298 Å². The number of anilines is 1. The molecular formula is C35H36Cl2N6O5S. The molecule has 1 unspecified atom stereocenters. The van der Waals surface area contributed by atoms with E-state index in [9.17, 15) is 9.59 Å². The van der Waals surface area contributed by atoms with E-state index in [1.807, 2.05) is 6.07 Å². The summed E-state index contributed by atoms with van der Waals surface area (Å²) >= 11 is 13.8. The number of likely N-dealkylation sites (tertiary alicyclic amines) is 1. The lowest BCUT2D eigenvalue weighted by atomic mass is 9.99. The minimum atomic E-state index is -0.593. The van der Waals surface area contributed by atoms with E-state index in [1.54, 1.807) is 67.1 Å². The van der Waals surface area contributed by atoms with Crippen LogP contribution in [0.1, 0.15) is 37.1 Å². The zero-order valence-electron chi connectivity index (χ0n) is 27.0. The Hall–Kier alpha value is -4.23. The minimum Gasteiger partial charge on any atom is -0.493 e. The quantitative estimate of drug-likeness (QED) is 0.117. The van der Waals surface area contributed by atoms with E-state index in [0.29, 0.717) is 45.5 Å². The third kappa shape index (κ3) is 8.87. The highest BCUT2D eigenvalue weighted by atomic mass is 35.5. The van der Waals surface area contributed by atoms with Gasteiger partial charge in [0.15, 0.2) is 11.5 Å². The molecule has 256 valence electrons. The number of aromatic nitrogens is 2. The Morgan fingerprint density at radius 2 is 1.84 bits per heavy atom. The maximum Gasteiger partial charge on any atom is 0.338 e. The van der Waals surface area contributed by atoms with Gasteiger partial charge in [0.05, 0.1) is 24.6 Å². The standard InChI is InChI=1S/C35H36Cl2N6O5S/c1-22-11-15-42(16-12-22)14-4-17-47-30-21-28-27(20-29(30)46-2)32(40-34(37)39-28)48-26-9-7-25(8-10-26)38-35(45)41-43-31(44)13-18-49-33(43)23-5-3-6-24(36)19-23/h3,5-10,13,18-22,33H,4,11-12,14-17H2,1-2H3,(H2,38,41,45). The number of halogens is 2. The third-order valence-corrected chi connectivity index (χ3v) is 9.68. The second kappa shape index (κ2) is 16.0. The summed E-state index contributed by atoms with van der Waals surface area (Å²) in [5.41, 5.74) is 4.43. The van der Waals surface area contributed by atoms with Gasteiger partial charge in [0, 0.05) is 29.4 Å². The number of fused-ring (bicyclic) bond motifs is 1. The Kier molecular flexibility index (Phi) is 11.3. The van der Waals surface area contributed by atoms with Gasteiger partial charge >= 0.3 is 6.03 Å². The van der Waals surface area contributed by atoms with Crippen LogP contribution in [-0.4, -0.2) is 65.2 Å². The molecule has 0 aliphatic carbocycles.